The van der Waals surface area contributed by atoms with Crippen molar-refractivity contribution >= 4 is 46.8 Å². The van der Waals surface area contributed by atoms with Crippen LogP contribution in [0.5, 0.6) is 0 Å². The minimum Gasteiger partial charge on any atom is -0.444 e. The zero-order valence-corrected chi connectivity index (χ0v) is 16.1. The van der Waals surface area contributed by atoms with Gasteiger partial charge in [0.2, 0.25) is 0 Å². The first-order valence-corrected chi connectivity index (χ1v) is 8.45. The molecule has 1 fully saturated rings. The maximum atomic E-state index is 12.2. The number of piperidine rings is 1. The Kier molecular flexibility index (Phi) is 6.27. The average Bonchev–Trinajstić information content (AvgIpc) is 2.35. The Morgan fingerprint density at radius 1 is 1.35 bits per heavy atom. The molecule has 8 heteroatoms. The summed E-state index contributed by atoms with van der Waals surface area (Å²) < 4.78 is 3.36. The Bertz CT molecular complexity index is 485. The largest absolute Gasteiger partial charge is 0.444 e. The molecule has 2 atom stereocenters. The Labute approximate surface area is 152 Å². The van der Waals surface area contributed by atoms with Gasteiger partial charge in [-0.25, -0.2) is 4.79 Å². The van der Waals surface area contributed by atoms with Gasteiger partial charge in [-0.1, -0.05) is 40.9 Å². The third-order valence-corrected chi connectivity index (χ3v) is 4.14. The molecule has 1 saturated heterocycles. The zero-order chi connectivity index (χ0) is 18.1. The van der Waals surface area contributed by atoms with Crippen molar-refractivity contribution in [3.63, 3.8) is 0 Å². The summed E-state index contributed by atoms with van der Waals surface area (Å²) in [6.45, 7) is 11.5. The summed E-state index contributed by atoms with van der Waals surface area (Å²) in [5.74, 6) is -0.708. The number of likely N-dealkylation sites (tertiary alicyclic amines) is 1. The molecule has 1 rings (SSSR count). The van der Waals surface area contributed by atoms with E-state index in [9.17, 15) is 9.59 Å². The molecule has 23 heavy (non-hydrogen) atoms. The minimum absolute atomic E-state index is 0.160. The smallest absolute Gasteiger partial charge is 0.410 e. The van der Waals surface area contributed by atoms with Crippen molar-refractivity contribution in [2.24, 2.45) is 0 Å². The van der Waals surface area contributed by atoms with E-state index in [1.165, 1.54) is 0 Å². The fourth-order valence-electron chi connectivity index (χ4n) is 2.52. The van der Waals surface area contributed by atoms with Crippen LogP contribution in [-0.4, -0.2) is 44.4 Å². The van der Waals surface area contributed by atoms with E-state index >= 15 is 0 Å². The number of hydrogen-bond acceptors (Lipinski definition) is 3. The van der Waals surface area contributed by atoms with Crippen LogP contribution in [0.4, 0.5) is 4.79 Å². The van der Waals surface area contributed by atoms with E-state index in [0.717, 1.165) is 0 Å². The second kappa shape index (κ2) is 7.08. The van der Waals surface area contributed by atoms with Crippen molar-refractivity contribution in [1.29, 1.82) is 0 Å². The summed E-state index contributed by atoms with van der Waals surface area (Å²) in [6, 6.07) is -0.160. The van der Waals surface area contributed by atoms with E-state index in [2.05, 4.69) is 11.9 Å². The number of nitrogens with zero attached hydrogens (tertiary/aromatic N) is 1. The average molecular weight is 386 g/mol. The second-order valence-electron chi connectivity index (χ2n) is 6.79. The number of carbonyl (C=O) groups excluding carboxylic acids is 2. The third kappa shape index (κ3) is 5.73. The van der Waals surface area contributed by atoms with E-state index in [0.29, 0.717) is 19.4 Å². The Morgan fingerprint density at radius 2 is 1.91 bits per heavy atom. The van der Waals surface area contributed by atoms with E-state index in [-0.39, 0.29) is 12.1 Å². The van der Waals surface area contributed by atoms with Gasteiger partial charge < -0.3 is 15.0 Å². The van der Waals surface area contributed by atoms with Crippen LogP contribution in [0.3, 0.4) is 0 Å². The fourth-order valence-corrected chi connectivity index (χ4v) is 2.66. The molecular formula is C15H23Cl3N2O3. The van der Waals surface area contributed by atoms with Crippen molar-refractivity contribution in [1.82, 2.24) is 10.2 Å². The highest BCUT2D eigenvalue weighted by Crippen LogP contribution is 2.32. The molecule has 0 saturated carbocycles. The number of amides is 2. The van der Waals surface area contributed by atoms with Gasteiger partial charge >= 0.3 is 6.09 Å². The summed E-state index contributed by atoms with van der Waals surface area (Å²) in [5.41, 5.74) is -1.29. The first-order chi connectivity index (χ1) is 10.3. The molecule has 0 aromatic carbocycles. The number of carbonyl (C=O) groups is 2. The Balaban J connectivity index is 2.80. The van der Waals surface area contributed by atoms with E-state index in [1.807, 2.05) is 27.7 Å². The molecule has 0 aromatic heterocycles. The Hall–Kier alpha value is -0.650. The van der Waals surface area contributed by atoms with Gasteiger partial charge in [0, 0.05) is 12.6 Å². The molecular weight excluding hydrogens is 363 g/mol. The van der Waals surface area contributed by atoms with Gasteiger partial charge in [0.05, 0.1) is 5.54 Å². The van der Waals surface area contributed by atoms with Crippen molar-refractivity contribution in [2.75, 3.05) is 6.54 Å². The van der Waals surface area contributed by atoms with Gasteiger partial charge in [-0.2, -0.15) is 0 Å². The van der Waals surface area contributed by atoms with E-state index < -0.39 is 20.8 Å². The van der Waals surface area contributed by atoms with Gasteiger partial charge in [-0.05, 0) is 40.5 Å². The van der Waals surface area contributed by atoms with Crippen LogP contribution in [0.15, 0.2) is 12.7 Å². The molecule has 0 aromatic rings. The number of ether oxygens (including phenoxy) is 1. The standard InChI is InChI=1S/C15H23Cl3N2O3/c1-6-14(19-11(21)15(16,17)18)7-8-20(10(2)9-14)12(22)23-13(3,4)5/h6,10H,1,7-9H2,2-5H3,(H,19,21). The van der Waals surface area contributed by atoms with Crippen molar-refractivity contribution in [2.45, 2.75) is 61.5 Å². The second-order valence-corrected chi connectivity index (χ2v) is 9.07. The minimum atomic E-state index is -2.04. The molecule has 1 N–H and O–H groups in total. The van der Waals surface area contributed by atoms with Crippen molar-refractivity contribution in [3.8, 4) is 0 Å². The molecule has 1 aliphatic heterocycles. The maximum absolute atomic E-state index is 12.2. The fraction of sp³-hybridized carbons (Fsp3) is 0.733. The lowest BCUT2D eigenvalue weighted by atomic mass is 9.83. The lowest BCUT2D eigenvalue weighted by Gasteiger charge is -2.44. The molecule has 5 nitrogen and oxygen atoms in total. The highest BCUT2D eigenvalue weighted by atomic mass is 35.6. The van der Waals surface area contributed by atoms with Crippen molar-refractivity contribution < 1.29 is 14.3 Å². The van der Waals surface area contributed by atoms with Crippen LogP contribution >= 0.6 is 34.8 Å². The first-order valence-electron chi connectivity index (χ1n) is 7.32. The summed E-state index contributed by atoms with van der Waals surface area (Å²) in [5, 5.41) is 2.73. The SMILES string of the molecule is C=CC1(NC(=O)C(Cl)(Cl)Cl)CCN(C(=O)OC(C)(C)C)C(C)C1. The quantitative estimate of drug-likeness (QED) is 0.581. The predicted octanol–water partition coefficient (Wildman–Crippen LogP) is 3.82. The molecule has 1 heterocycles. The summed E-state index contributed by atoms with van der Waals surface area (Å²) >= 11 is 16.8. The molecule has 2 amide bonds. The van der Waals surface area contributed by atoms with Gasteiger partial charge in [0.1, 0.15) is 5.60 Å². The topological polar surface area (TPSA) is 58.6 Å². The summed E-state index contributed by atoms with van der Waals surface area (Å²) in [7, 11) is 0. The molecule has 0 aliphatic carbocycles. The number of nitrogens with one attached hydrogen (secondary N) is 1. The number of hydrogen-bond donors (Lipinski definition) is 1. The molecule has 132 valence electrons. The lowest BCUT2D eigenvalue weighted by molar-refractivity contribution is -0.122. The first kappa shape index (κ1) is 20.4. The van der Waals surface area contributed by atoms with Crippen LogP contribution in [0.2, 0.25) is 0 Å². The molecule has 0 spiro atoms. The van der Waals surface area contributed by atoms with Gasteiger partial charge in [0.25, 0.3) is 9.70 Å². The molecule has 0 bridgehead atoms. The number of rotatable bonds is 2. The molecule has 1 aliphatic rings. The number of alkyl halides is 3. The normalized spacial score (nSPS) is 25.7. The van der Waals surface area contributed by atoms with Gasteiger partial charge in [0.15, 0.2) is 0 Å². The summed E-state index contributed by atoms with van der Waals surface area (Å²) in [4.78, 5) is 25.8. The van der Waals surface area contributed by atoms with Crippen LogP contribution in [0, 0.1) is 0 Å². The summed E-state index contributed by atoms with van der Waals surface area (Å²) in [6.07, 6.45) is 2.18. The van der Waals surface area contributed by atoms with Crippen LogP contribution in [-0.2, 0) is 9.53 Å². The Morgan fingerprint density at radius 3 is 2.30 bits per heavy atom. The van der Waals surface area contributed by atoms with Gasteiger partial charge in [-0.3, -0.25) is 4.79 Å². The van der Waals surface area contributed by atoms with Crippen molar-refractivity contribution in [3.05, 3.63) is 12.7 Å². The molecule has 0 radical (unpaired) electrons. The van der Waals surface area contributed by atoms with Gasteiger partial charge in [-0.15, -0.1) is 6.58 Å². The van der Waals surface area contributed by atoms with E-state index in [1.54, 1.807) is 11.0 Å². The third-order valence-electron chi connectivity index (χ3n) is 3.63. The van der Waals surface area contributed by atoms with Crippen LogP contribution < -0.4 is 5.32 Å². The maximum Gasteiger partial charge on any atom is 0.410 e. The van der Waals surface area contributed by atoms with E-state index in [4.69, 9.17) is 39.5 Å². The number of halogens is 3. The zero-order valence-electron chi connectivity index (χ0n) is 13.8. The van der Waals surface area contributed by atoms with Crippen LogP contribution in [0.1, 0.15) is 40.5 Å². The monoisotopic (exact) mass is 384 g/mol. The predicted molar refractivity (Wildman–Crippen MR) is 93.0 cm³/mol. The molecule has 2 unspecified atom stereocenters. The van der Waals surface area contributed by atoms with Crippen LogP contribution in [0.25, 0.3) is 0 Å². The highest BCUT2D eigenvalue weighted by Gasteiger charge is 2.43. The highest BCUT2D eigenvalue weighted by molar-refractivity contribution is 6.76. The lowest BCUT2D eigenvalue weighted by Crippen LogP contribution is -2.60.